The zero-order valence-corrected chi connectivity index (χ0v) is 14.2. The number of carbonyl (C=O) groups is 2. The zero-order chi connectivity index (χ0) is 16.7. The molecule has 2 saturated heterocycles. The van der Waals surface area contributed by atoms with Crippen LogP contribution in [0.1, 0.15) is 29.6 Å². The summed E-state index contributed by atoms with van der Waals surface area (Å²) in [4.78, 5) is 27.2. The van der Waals surface area contributed by atoms with Gasteiger partial charge in [-0.3, -0.25) is 9.59 Å². The van der Waals surface area contributed by atoms with Crippen molar-refractivity contribution in [2.45, 2.75) is 31.4 Å². The van der Waals surface area contributed by atoms with Crippen LogP contribution in [0.5, 0.6) is 0 Å². The van der Waals surface area contributed by atoms with E-state index in [4.69, 9.17) is 16.3 Å². The van der Waals surface area contributed by atoms with Gasteiger partial charge in [-0.25, -0.2) is 0 Å². The number of nitrogens with one attached hydrogen (secondary N) is 1. The van der Waals surface area contributed by atoms with Crippen molar-refractivity contribution in [3.63, 3.8) is 0 Å². The number of hydrogen-bond acceptors (Lipinski definition) is 3. The van der Waals surface area contributed by atoms with Gasteiger partial charge in [-0.05, 0) is 37.5 Å². The van der Waals surface area contributed by atoms with E-state index in [-0.39, 0.29) is 29.8 Å². The summed E-state index contributed by atoms with van der Waals surface area (Å²) in [5.41, 5.74) is 0.556. The van der Waals surface area contributed by atoms with E-state index in [9.17, 15) is 9.59 Å². The normalized spacial score (nSPS) is 29.2. The van der Waals surface area contributed by atoms with E-state index in [1.807, 2.05) is 0 Å². The summed E-state index contributed by atoms with van der Waals surface area (Å²) in [5.74, 6) is 0.0133. The van der Waals surface area contributed by atoms with Crippen molar-refractivity contribution in [2.24, 2.45) is 11.8 Å². The van der Waals surface area contributed by atoms with Crippen LogP contribution in [0.2, 0.25) is 5.02 Å². The molecule has 1 aromatic rings. The van der Waals surface area contributed by atoms with Gasteiger partial charge in [-0.1, -0.05) is 17.7 Å². The van der Waals surface area contributed by atoms with Gasteiger partial charge >= 0.3 is 0 Å². The zero-order valence-electron chi connectivity index (χ0n) is 13.4. The average molecular weight is 349 g/mol. The quantitative estimate of drug-likeness (QED) is 0.910. The van der Waals surface area contributed by atoms with Gasteiger partial charge in [0.15, 0.2) is 0 Å². The van der Waals surface area contributed by atoms with Gasteiger partial charge in [0, 0.05) is 42.2 Å². The third-order valence-corrected chi connectivity index (χ3v) is 5.45. The summed E-state index contributed by atoms with van der Waals surface area (Å²) in [5, 5.41) is 3.63. The second-order valence-electron chi connectivity index (χ2n) is 6.97. The molecule has 128 valence electrons. The minimum atomic E-state index is -0.185. The number of carbonyl (C=O) groups excluding carboxylic acids is 2. The van der Waals surface area contributed by atoms with Crippen molar-refractivity contribution in [3.8, 4) is 0 Å². The standard InChI is InChI=1S/C18H21ClN2O3/c19-12-3-1-2-11(8-12)18(23)21-9-15(17(22)20-13-4-5-13)14-6-7-24-16(14)10-21/h1-3,8,13-16H,4-7,9-10H2,(H,20,22)/t14-,15-,16+/m0/s1. The molecule has 5 nitrogen and oxygen atoms in total. The van der Waals surface area contributed by atoms with E-state index in [0.29, 0.717) is 36.3 Å². The average Bonchev–Trinajstić information content (AvgIpc) is 3.26. The number of nitrogens with zero attached hydrogens (tertiary/aromatic N) is 1. The molecule has 2 aliphatic heterocycles. The Morgan fingerprint density at radius 2 is 2.04 bits per heavy atom. The smallest absolute Gasteiger partial charge is 0.254 e. The highest BCUT2D eigenvalue weighted by Crippen LogP contribution is 2.35. The van der Waals surface area contributed by atoms with Gasteiger partial charge < -0.3 is 15.0 Å². The molecule has 0 radical (unpaired) electrons. The van der Waals surface area contributed by atoms with Crippen LogP contribution in [0.4, 0.5) is 0 Å². The molecule has 0 unspecified atom stereocenters. The molecule has 1 aromatic carbocycles. The molecule has 1 saturated carbocycles. The molecule has 0 aromatic heterocycles. The molecule has 0 spiro atoms. The SMILES string of the molecule is O=C(NC1CC1)[C@H]1CN(C(=O)c2cccc(Cl)c2)C[C@H]2OCC[C@@H]12. The first kappa shape index (κ1) is 15.9. The lowest BCUT2D eigenvalue weighted by atomic mass is 9.82. The molecule has 1 N–H and O–H groups in total. The summed E-state index contributed by atoms with van der Waals surface area (Å²) in [6.45, 7) is 1.67. The highest BCUT2D eigenvalue weighted by Gasteiger charge is 2.45. The molecule has 3 aliphatic rings. The van der Waals surface area contributed by atoms with Crippen molar-refractivity contribution in [1.82, 2.24) is 10.2 Å². The van der Waals surface area contributed by atoms with Crippen molar-refractivity contribution >= 4 is 23.4 Å². The van der Waals surface area contributed by atoms with Crippen LogP contribution < -0.4 is 5.32 Å². The number of rotatable bonds is 3. The topological polar surface area (TPSA) is 58.6 Å². The Kier molecular flexibility index (Phi) is 4.22. The number of ether oxygens (including phenoxy) is 1. The van der Waals surface area contributed by atoms with E-state index in [1.54, 1.807) is 29.2 Å². The number of likely N-dealkylation sites (tertiary alicyclic amines) is 1. The van der Waals surface area contributed by atoms with Crippen LogP contribution in [-0.4, -0.2) is 48.6 Å². The fraction of sp³-hybridized carbons (Fsp3) is 0.556. The van der Waals surface area contributed by atoms with E-state index in [1.165, 1.54) is 0 Å². The molecule has 3 atom stereocenters. The van der Waals surface area contributed by atoms with Crippen molar-refractivity contribution in [3.05, 3.63) is 34.9 Å². The first-order chi connectivity index (χ1) is 11.6. The molecular weight excluding hydrogens is 328 g/mol. The maximum absolute atomic E-state index is 12.8. The van der Waals surface area contributed by atoms with Crippen LogP contribution in [0.15, 0.2) is 24.3 Å². The number of fused-ring (bicyclic) bond motifs is 1. The second-order valence-corrected chi connectivity index (χ2v) is 7.41. The highest BCUT2D eigenvalue weighted by atomic mass is 35.5. The number of halogens is 1. The predicted molar refractivity (Wildman–Crippen MR) is 89.9 cm³/mol. The molecule has 2 amide bonds. The summed E-state index contributed by atoms with van der Waals surface area (Å²) in [6.07, 6.45) is 2.98. The maximum Gasteiger partial charge on any atom is 0.254 e. The van der Waals surface area contributed by atoms with Crippen LogP contribution in [-0.2, 0) is 9.53 Å². The maximum atomic E-state index is 12.8. The first-order valence-corrected chi connectivity index (χ1v) is 8.96. The van der Waals surface area contributed by atoms with Crippen LogP contribution in [0, 0.1) is 11.8 Å². The molecule has 1 aliphatic carbocycles. The Morgan fingerprint density at radius 3 is 2.79 bits per heavy atom. The second kappa shape index (κ2) is 6.37. The predicted octanol–water partition coefficient (Wildman–Crippen LogP) is 2.10. The van der Waals surface area contributed by atoms with Crippen LogP contribution in [0.25, 0.3) is 0 Å². The van der Waals surface area contributed by atoms with E-state index in [0.717, 1.165) is 19.3 Å². The van der Waals surface area contributed by atoms with E-state index in [2.05, 4.69) is 5.32 Å². The molecule has 2 heterocycles. The largest absolute Gasteiger partial charge is 0.376 e. The third-order valence-electron chi connectivity index (χ3n) is 5.21. The fourth-order valence-corrected chi connectivity index (χ4v) is 3.95. The monoisotopic (exact) mass is 348 g/mol. The van der Waals surface area contributed by atoms with E-state index >= 15 is 0 Å². The lowest BCUT2D eigenvalue weighted by molar-refractivity contribution is -0.130. The molecule has 6 heteroatoms. The Balaban J connectivity index is 1.53. The number of benzene rings is 1. The molecule has 4 rings (SSSR count). The Labute approximate surface area is 146 Å². The molecule has 24 heavy (non-hydrogen) atoms. The van der Waals surface area contributed by atoms with Crippen molar-refractivity contribution in [1.29, 1.82) is 0 Å². The summed E-state index contributed by atoms with van der Waals surface area (Å²) >= 11 is 6.00. The fourth-order valence-electron chi connectivity index (χ4n) is 3.76. The Hall–Kier alpha value is -1.59. The van der Waals surface area contributed by atoms with Crippen LogP contribution in [0.3, 0.4) is 0 Å². The first-order valence-electron chi connectivity index (χ1n) is 8.58. The summed E-state index contributed by atoms with van der Waals surface area (Å²) in [7, 11) is 0. The number of hydrogen-bond donors (Lipinski definition) is 1. The van der Waals surface area contributed by atoms with Gasteiger partial charge in [0.25, 0.3) is 5.91 Å². The van der Waals surface area contributed by atoms with Gasteiger partial charge in [0.05, 0.1) is 12.0 Å². The number of amides is 2. The van der Waals surface area contributed by atoms with Gasteiger partial charge in [0.2, 0.25) is 5.91 Å². The third kappa shape index (κ3) is 3.15. The van der Waals surface area contributed by atoms with Crippen LogP contribution >= 0.6 is 11.6 Å². The Morgan fingerprint density at radius 1 is 1.21 bits per heavy atom. The summed E-state index contributed by atoms with van der Waals surface area (Å²) < 4.78 is 5.80. The minimum absolute atomic E-state index is 0.0446. The van der Waals surface area contributed by atoms with Crippen molar-refractivity contribution < 1.29 is 14.3 Å². The molecular formula is C18H21ClN2O3. The van der Waals surface area contributed by atoms with Crippen molar-refractivity contribution in [2.75, 3.05) is 19.7 Å². The molecule has 0 bridgehead atoms. The Bertz CT molecular complexity index is 661. The lowest BCUT2D eigenvalue weighted by Gasteiger charge is -2.39. The minimum Gasteiger partial charge on any atom is -0.376 e. The van der Waals surface area contributed by atoms with Gasteiger partial charge in [-0.15, -0.1) is 0 Å². The summed E-state index contributed by atoms with van der Waals surface area (Å²) in [6, 6.07) is 7.28. The lowest BCUT2D eigenvalue weighted by Crippen LogP contribution is -2.54. The van der Waals surface area contributed by atoms with Gasteiger partial charge in [0.1, 0.15) is 0 Å². The highest BCUT2D eigenvalue weighted by molar-refractivity contribution is 6.30. The van der Waals surface area contributed by atoms with Gasteiger partial charge in [-0.2, -0.15) is 0 Å². The number of piperidine rings is 1. The van der Waals surface area contributed by atoms with E-state index < -0.39 is 0 Å². The molecule has 3 fully saturated rings.